The third kappa shape index (κ3) is 3.29. The van der Waals surface area contributed by atoms with E-state index in [9.17, 15) is 0 Å². The van der Waals surface area contributed by atoms with E-state index in [1.54, 1.807) is 0 Å². The van der Waals surface area contributed by atoms with Crippen LogP contribution < -0.4 is 5.32 Å². The lowest BCUT2D eigenvalue weighted by atomic mass is 10.1. The third-order valence-corrected chi connectivity index (χ3v) is 3.34. The number of benzene rings is 1. The lowest BCUT2D eigenvalue weighted by Gasteiger charge is -2.18. The number of aromatic nitrogens is 2. The molecule has 0 aliphatic carbocycles. The number of hydrogen-bond acceptors (Lipinski definition) is 2. The van der Waals surface area contributed by atoms with Crippen LogP contribution in [-0.4, -0.2) is 9.55 Å². The number of nitrogens with zero attached hydrogens (tertiary/aromatic N) is 2. The summed E-state index contributed by atoms with van der Waals surface area (Å²) in [7, 11) is 0. The first kappa shape index (κ1) is 13.9. The van der Waals surface area contributed by atoms with Crippen LogP contribution in [0.1, 0.15) is 44.1 Å². The molecule has 1 heterocycles. The van der Waals surface area contributed by atoms with Gasteiger partial charge in [-0.1, -0.05) is 23.7 Å². The third-order valence-electron chi connectivity index (χ3n) is 3.10. The van der Waals surface area contributed by atoms with E-state index < -0.39 is 0 Å². The molecule has 0 aliphatic heterocycles. The van der Waals surface area contributed by atoms with Crippen LogP contribution in [0.4, 0.5) is 5.95 Å². The van der Waals surface area contributed by atoms with Gasteiger partial charge in [-0.15, -0.1) is 0 Å². The molecule has 1 atom stereocenters. The minimum absolute atomic E-state index is 0.165. The molecule has 1 unspecified atom stereocenters. The Morgan fingerprint density at radius 1 is 1.26 bits per heavy atom. The molecule has 19 heavy (non-hydrogen) atoms. The lowest BCUT2D eigenvalue weighted by Crippen LogP contribution is -2.12. The van der Waals surface area contributed by atoms with Crippen LogP contribution in [0.25, 0.3) is 0 Å². The summed E-state index contributed by atoms with van der Waals surface area (Å²) in [6.45, 7) is 8.42. The number of imidazole rings is 1. The number of hydrogen-bond donors (Lipinski definition) is 1. The first-order valence-electron chi connectivity index (χ1n) is 6.55. The summed E-state index contributed by atoms with van der Waals surface area (Å²) in [5.41, 5.74) is 2.18. The molecule has 4 heteroatoms. The maximum Gasteiger partial charge on any atom is 0.203 e. The first-order valence-corrected chi connectivity index (χ1v) is 6.92. The Bertz CT molecular complexity index is 560. The molecule has 1 aromatic carbocycles. The van der Waals surface area contributed by atoms with Crippen molar-refractivity contribution in [2.24, 2.45) is 0 Å². The summed E-state index contributed by atoms with van der Waals surface area (Å²) in [4.78, 5) is 4.54. The van der Waals surface area contributed by atoms with Gasteiger partial charge in [-0.05, 0) is 45.4 Å². The largest absolute Gasteiger partial charge is 0.349 e. The average Bonchev–Trinajstić information content (AvgIpc) is 2.70. The van der Waals surface area contributed by atoms with Crippen LogP contribution in [-0.2, 0) is 0 Å². The van der Waals surface area contributed by atoms with Crippen LogP contribution in [0.2, 0.25) is 5.02 Å². The molecule has 2 aromatic rings. The fraction of sp³-hybridized carbons (Fsp3) is 0.400. The SMILES string of the molecule is Cc1cn(C(C)C)c(NC(C)c2cccc(Cl)c2)n1. The zero-order chi connectivity index (χ0) is 14.0. The molecule has 0 spiro atoms. The maximum absolute atomic E-state index is 6.03. The minimum Gasteiger partial charge on any atom is -0.349 e. The fourth-order valence-electron chi connectivity index (χ4n) is 2.07. The Morgan fingerprint density at radius 2 is 2.00 bits per heavy atom. The number of rotatable bonds is 4. The number of aryl methyl sites for hydroxylation is 1. The van der Waals surface area contributed by atoms with E-state index in [1.165, 1.54) is 0 Å². The maximum atomic E-state index is 6.03. The van der Waals surface area contributed by atoms with Crippen LogP contribution in [0.15, 0.2) is 30.5 Å². The highest BCUT2D eigenvalue weighted by Gasteiger charge is 2.12. The monoisotopic (exact) mass is 277 g/mol. The molecular formula is C15H20ClN3. The Morgan fingerprint density at radius 3 is 2.63 bits per heavy atom. The summed E-state index contributed by atoms with van der Waals surface area (Å²) in [6.07, 6.45) is 2.07. The molecule has 0 aliphatic rings. The van der Waals surface area contributed by atoms with Crippen molar-refractivity contribution in [3.8, 4) is 0 Å². The zero-order valence-electron chi connectivity index (χ0n) is 11.8. The number of halogens is 1. The van der Waals surface area contributed by atoms with Gasteiger partial charge in [0.05, 0.1) is 11.7 Å². The van der Waals surface area contributed by atoms with E-state index in [-0.39, 0.29) is 6.04 Å². The topological polar surface area (TPSA) is 29.9 Å². The summed E-state index contributed by atoms with van der Waals surface area (Å²) in [5.74, 6) is 0.903. The fourth-order valence-corrected chi connectivity index (χ4v) is 2.27. The molecule has 102 valence electrons. The van der Waals surface area contributed by atoms with Crippen molar-refractivity contribution in [1.29, 1.82) is 0 Å². The summed E-state index contributed by atoms with van der Waals surface area (Å²) in [5, 5.41) is 4.21. The number of anilines is 1. The molecule has 0 saturated carbocycles. The van der Waals surface area contributed by atoms with Gasteiger partial charge in [0.25, 0.3) is 0 Å². The molecule has 0 radical (unpaired) electrons. The van der Waals surface area contributed by atoms with Crippen LogP contribution >= 0.6 is 11.6 Å². The average molecular weight is 278 g/mol. The van der Waals surface area contributed by atoms with Gasteiger partial charge in [0.2, 0.25) is 5.95 Å². The molecular weight excluding hydrogens is 258 g/mol. The highest BCUT2D eigenvalue weighted by atomic mass is 35.5. The minimum atomic E-state index is 0.165. The van der Waals surface area contributed by atoms with E-state index in [2.05, 4.69) is 47.9 Å². The van der Waals surface area contributed by atoms with Gasteiger partial charge in [-0.25, -0.2) is 4.98 Å². The molecule has 0 bridgehead atoms. The van der Waals surface area contributed by atoms with Gasteiger partial charge >= 0.3 is 0 Å². The summed E-state index contributed by atoms with van der Waals surface area (Å²) in [6, 6.07) is 8.45. The van der Waals surface area contributed by atoms with Crippen molar-refractivity contribution in [3.63, 3.8) is 0 Å². The summed E-state index contributed by atoms with van der Waals surface area (Å²) >= 11 is 6.03. The van der Waals surface area contributed by atoms with Gasteiger partial charge in [-0.3, -0.25) is 0 Å². The van der Waals surface area contributed by atoms with Crippen molar-refractivity contribution in [2.45, 2.75) is 39.8 Å². The van der Waals surface area contributed by atoms with E-state index in [1.807, 2.05) is 25.1 Å². The molecule has 3 nitrogen and oxygen atoms in total. The Balaban J connectivity index is 2.21. The zero-order valence-corrected chi connectivity index (χ0v) is 12.6. The van der Waals surface area contributed by atoms with Crippen molar-refractivity contribution in [2.75, 3.05) is 5.32 Å². The second-order valence-electron chi connectivity index (χ2n) is 5.13. The Labute approximate surface area is 119 Å². The molecule has 0 saturated heterocycles. The number of nitrogens with one attached hydrogen (secondary N) is 1. The first-order chi connectivity index (χ1) is 8.97. The molecule has 2 rings (SSSR count). The van der Waals surface area contributed by atoms with Crippen LogP contribution in [0.5, 0.6) is 0 Å². The molecule has 1 N–H and O–H groups in total. The van der Waals surface area contributed by atoms with Gasteiger partial charge in [0.1, 0.15) is 0 Å². The van der Waals surface area contributed by atoms with Crippen molar-refractivity contribution < 1.29 is 0 Å². The highest BCUT2D eigenvalue weighted by Crippen LogP contribution is 2.23. The van der Waals surface area contributed by atoms with E-state index in [0.717, 1.165) is 22.2 Å². The Hall–Kier alpha value is -1.48. The van der Waals surface area contributed by atoms with Crippen LogP contribution in [0.3, 0.4) is 0 Å². The standard InChI is InChI=1S/C15H20ClN3/c1-10(2)19-9-11(3)17-15(19)18-12(4)13-6-5-7-14(16)8-13/h5-10,12H,1-4H3,(H,17,18). The van der Waals surface area contributed by atoms with E-state index >= 15 is 0 Å². The predicted molar refractivity (Wildman–Crippen MR) is 80.8 cm³/mol. The quantitative estimate of drug-likeness (QED) is 0.885. The summed E-state index contributed by atoms with van der Waals surface area (Å²) < 4.78 is 2.15. The van der Waals surface area contributed by atoms with Crippen LogP contribution in [0, 0.1) is 6.92 Å². The highest BCUT2D eigenvalue weighted by molar-refractivity contribution is 6.30. The van der Waals surface area contributed by atoms with Crippen molar-refractivity contribution in [3.05, 3.63) is 46.7 Å². The second-order valence-corrected chi connectivity index (χ2v) is 5.56. The van der Waals surface area contributed by atoms with E-state index in [4.69, 9.17) is 11.6 Å². The van der Waals surface area contributed by atoms with Crippen molar-refractivity contribution >= 4 is 17.5 Å². The van der Waals surface area contributed by atoms with Gasteiger partial charge in [-0.2, -0.15) is 0 Å². The lowest BCUT2D eigenvalue weighted by molar-refractivity contribution is 0.600. The molecule has 1 aromatic heterocycles. The predicted octanol–water partition coefficient (Wildman–Crippen LogP) is 4.60. The van der Waals surface area contributed by atoms with Gasteiger partial charge < -0.3 is 9.88 Å². The molecule has 0 fully saturated rings. The second kappa shape index (κ2) is 5.66. The van der Waals surface area contributed by atoms with Gasteiger partial charge in [0.15, 0.2) is 0 Å². The van der Waals surface area contributed by atoms with E-state index in [0.29, 0.717) is 6.04 Å². The smallest absolute Gasteiger partial charge is 0.203 e. The molecule has 0 amide bonds. The van der Waals surface area contributed by atoms with Crippen molar-refractivity contribution in [1.82, 2.24) is 9.55 Å². The normalized spacial score (nSPS) is 12.7. The van der Waals surface area contributed by atoms with Gasteiger partial charge in [0, 0.05) is 17.3 Å². The Kier molecular flexibility index (Phi) is 4.15.